The molecule has 0 aliphatic carbocycles. The second-order valence-corrected chi connectivity index (χ2v) is 4.31. The highest BCUT2D eigenvalue weighted by Gasteiger charge is 2.33. The van der Waals surface area contributed by atoms with Crippen LogP contribution in [0.5, 0.6) is 0 Å². The smallest absolute Gasteiger partial charge is 0.239 e. The Morgan fingerprint density at radius 1 is 1.64 bits per heavy atom. The molecule has 1 rings (SSSR count). The molecular formula is C10H20N2O2. The standard InChI is InChI=1S/C10H20N2O2/c1-8(11)9(13)12-6-4-5-10(2,7-12)14-3/h8H,4-7,11H2,1-3H3/t8-,10?/m0/s1. The van der Waals surface area contributed by atoms with Crippen molar-refractivity contribution in [2.45, 2.75) is 38.3 Å². The summed E-state index contributed by atoms with van der Waals surface area (Å²) < 4.78 is 5.40. The van der Waals surface area contributed by atoms with Crippen molar-refractivity contribution in [3.63, 3.8) is 0 Å². The maximum absolute atomic E-state index is 11.6. The Kier molecular flexibility index (Phi) is 3.50. The number of carbonyl (C=O) groups is 1. The van der Waals surface area contributed by atoms with E-state index in [4.69, 9.17) is 10.5 Å². The van der Waals surface area contributed by atoms with E-state index < -0.39 is 6.04 Å². The van der Waals surface area contributed by atoms with Crippen molar-refractivity contribution in [1.82, 2.24) is 4.90 Å². The lowest BCUT2D eigenvalue weighted by Gasteiger charge is -2.40. The van der Waals surface area contributed by atoms with Crippen molar-refractivity contribution < 1.29 is 9.53 Å². The lowest BCUT2D eigenvalue weighted by molar-refractivity contribution is -0.140. The molecule has 4 nitrogen and oxygen atoms in total. The van der Waals surface area contributed by atoms with E-state index in [0.717, 1.165) is 19.4 Å². The minimum Gasteiger partial charge on any atom is -0.377 e. The molecule has 1 fully saturated rings. The molecule has 1 heterocycles. The van der Waals surface area contributed by atoms with Gasteiger partial charge >= 0.3 is 0 Å². The molecule has 0 aromatic carbocycles. The normalized spacial score (nSPS) is 30.1. The maximum Gasteiger partial charge on any atom is 0.239 e. The summed E-state index contributed by atoms with van der Waals surface area (Å²) in [4.78, 5) is 13.5. The van der Waals surface area contributed by atoms with Crippen molar-refractivity contribution in [3.05, 3.63) is 0 Å². The van der Waals surface area contributed by atoms with Crippen LogP contribution in [0.4, 0.5) is 0 Å². The van der Waals surface area contributed by atoms with Gasteiger partial charge in [-0.15, -0.1) is 0 Å². The summed E-state index contributed by atoms with van der Waals surface area (Å²) in [5.41, 5.74) is 5.37. The van der Waals surface area contributed by atoms with Crippen LogP contribution in [-0.2, 0) is 9.53 Å². The summed E-state index contributed by atoms with van der Waals surface area (Å²) in [6.45, 7) is 5.22. The van der Waals surface area contributed by atoms with Crippen molar-refractivity contribution in [1.29, 1.82) is 0 Å². The van der Waals surface area contributed by atoms with Gasteiger partial charge in [-0.05, 0) is 26.7 Å². The molecule has 4 heteroatoms. The largest absolute Gasteiger partial charge is 0.377 e. The van der Waals surface area contributed by atoms with Crippen LogP contribution in [0, 0.1) is 0 Å². The van der Waals surface area contributed by atoms with E-state index in [1.807, 2.05) is 6.92 Å². The first-order valence-corrected chi connectivity index (χ1v) is 5.08. The third-order valence-corrected chi connectivity index (χ3v) is 2.85. The van der Waals surface area contributed by atoms with E-state index in [-0.39, 0.29) is 11.5 Å². The molecule has 2 N–H and O–H groups in total. The lowest BCUT2D eigenvalue weighted by Crippen LogP contribution is -2.53. The van der Waals surface area contributed by atoms with Gasteiger partial charge in [0.1, 0.15) is 0 Å². The van der Waals surface area contributed by atoms with Crippen molar-refractivity contribution in [2.24, 2.45) is 5.73 Å². The number of ether oxygens (including phenoxy) is 1. The molecule has 14 heavy (non-hydrogen) atoms. The molecule has 2 atom stereocenters. The molecule has 0 aromatic heterocycles. The Morgan fingerprint density at radius 2 is 2.29 bits per heavy atom. The molecule has 1 unspecified atom stereocenters. The van der Waals surface area contributed by atoms with Gasteiger partial charge in [-0.1, -0.05) is 0 Å². The van der Waals surface area contributed by atoms with E-state index >= 15 is 0 Å². The number of rotatable bonds is 2. The lowest BCUT2D eigenvalue weighted by atomic mass is 9.94. The number of hydrogen-bond donors (Lipinski definition) is 1. The topological polar surface area (TPSA) is 55.6 Å². The molecule has 82 valence electrons. The number of amides is 1. The predicted octanol–water partition coefficient (Wildman–Crippen LogP) is 0.361. The Hall–Kier alpha value is -0.610. The highest BCUT2D eigenvalue weighted by atomic mass is 16.5. The average Bonchev–Trinajstić information content (AvgIpc) is 2.16. The summed E-state index contributed by atoms with van der Waals surface area (Å²) in [5, 5.41) is 0. The van der Waals surface area contributed by atoms with Crippen LogP contribution in [0.1, 0.15) is 26.7 Å². The first kappa shape index (κ1) is 11.5. The summed E-state index contributed by atoms with van der Waals surface area (Å²) in [6.07, 6.45) is 2.00. The van der Waals surface area contributed by atoms with Gasteiger partial charge in [-0.3, -0.25) is 4.79 Å². The summed E-state index contributed by atoms with van der Waals surface area (Å²) in [6, 6.07) is -0.408. The van der Waals surface area contributed by atoms with Crippen LogP contribution >= 0.6 is 0 Å². The van der Waals surface area contributed by atoms with Crippen molar-refractivity contribution >= 4 is 5.91 Å². The highest BCUT2D eigenvalue weighted by molar-refractivity contribution is 5.81. The summed E-state index contributed by atoms with van der Waals surface area (Å²) >= 11 is 0. The number of methoxy groups -OCH3 is 1. The maximum atomic E-state index is 11.6. The number of nitrogens with zero attached hydrogens (tertiary/aromatic N) is 1. The van der Waals surface area contributed by atoms with E-state index in [9.17, 15) is 4.79 Å². The van der Waals surface area contributed by atoms with Gasteiger partial charge in [-0.25, -0.2) is 0 Å². The average molecular weight is 200 g/mol. The molecule has 1 amide bonds. The summed E-state index contributed by atoms with van der Waals surface area (Å²) in [5.74, 6) is 0.0213. The second kappa shape index (κ2) is 4.28. The van der Waals surface area contributed by atoms with Crippen LogP contribution in [-0.4, -0.2) is 42.6 Å². The number of likely N-dealkylation sites (tertiary alicyclic amines) is 1. The first-order valence-electron chi connectivity index (χ1n) is 5.08. The molecular weight excluding hydrogens is 180 g/mol. The molecule has 1 aliphatic rings. The molecule has 1 saturated heterocycles. The molecule has 0 aromatic rings. The Morgan fingerprint density at radius 3 is 2.79 bits per heavy atom. The molecule has 0 radical (unpaired) electrons. The third kappa shape index (κ3) is 2.45. The number of hydrogen-bond acceptors (Lipinski definition) is 3. The first-order chi connectivity index (χ1) is 6.48. The minimum absolute atomic E-state index is 0.0213. The van der Waals surface area contributed by atoms with Gasteiger partial charge in [0, 0.05) is 20.2 Å². The van der Waals surface area contributed by atoms with Gasteiger partial charge < -0.3 is 15.4 Å². The fourth-order valence-corrected chi connectivity index (χ4v) is 1.85. The minimum atomic E-state index is -0.408. The van der Waals surface area contributed by atoms with Gasteiger partial charge in [-0.2, -0.15) is 0 Å². The van der Waals surface area contributed by atoms with Crippen molar-refractivity contribution in [2.75, 3.05) is 20.2 Å². The summed E-state index contributed by atoms with van der Waals surface area (Å²) in [7, 11) is 1.69. The van der Waals surface area contributed by atoms with Crippen LogP contribution in [0.2, 0.25) is 0 Å². The fourth-order valence-electron chi connectivity index (χ4n) is 1.85. The van der Waals surface area contributed by atoms with Crippen LogP contribution in [0.15, 0.2) is 0 Å². The number of carbonyl (C=O) groups excluding carboxylic acids is 1. The Labute approximate surface area is 85.4 Å². The zero-order valence-corrected chi connectivity index (χ0v) is 9.25. The van der Waals surface area contributed by atoms with E-state index in [0.29, 0.717) is 6.54 Å². The number of piperidine rings is 1. The second-order valence-electron chi connectivity index (χ2n) is 4.31. The fraction of sp³-hybridized carbons (Fsp3) is 0.900. The van der Waals surface area contributed by atoms with Gasteiger partial charge in [0.05, 0.1) is 11.6 Å². The Bertz CT molecular complexity index is 218. The third-order valence-electron chi connectivity index (χ3n) is 2.85. The Balaban J connectivity index is 2.60. The van der Waals surface area contributed by atoms with Gasteiger partial charge in [0.2, 0.25) is 5.91 Å². The van der Waals surface area contributed by atoms with Gasteiger partial charge in [0.15, 0.2) is 0 Å². The molecule has 0 spiro atoms. The molecule has 0 bridgehead atoms. The van der Waals surface area contributed by atoms with Crippen LogP contribution in [0.3, 0.4) is 0 Å². The van der Waals surface area contributed by atoms with E-state index in [1.165, 1.54) is 0 Å². The van der Waals surface area contributed by atoms with Crippen LogP contribution in [0.25, 0.3) is 0 Å². The monoisotopic (exact) mass is 200 g/mol. The highest BCUT2D eigenvalue weighted by Crippen LogP contribution is 2.23. The van der Waals surface area contributed by atoms with Gasteiger partial charge in [0.25, 0.3) is 0 Å². The van der Waals surface area contributed by atoms with Crippen molar-refractivity contribution in [3.8, 4) is 0 Å². The molecule has 1 aliphatic heterocycles. The SMILES string of the molecule is COC1(C)CCCN(C(=O)[C@H](C)N)C1. The molecule has 0 saturated carbocycles. The zero-order valence-electron chi connectivity index (χ0n) is 9.25. The zero-order chi connectivity index (χ0) is 10.8. The van der Waals surface area contributed by atoms with E-state index in [2.05, 4.69) is 0 Å². The quantitative estimate of drug-likeness (QED) is 0.700. The van der Waals surface area contributed by atoms with E-state index in [1.54, 1.807) is 18.9 Å². The number of nitrogens with two attached hydrogens (primary N) is 1. The predicted molar refractivity (Wildman–Crippen MR) is 54.9 cm³/mol. The van der Waals surface area contributed by atoms with Crippen LogP contribution < -0.4 is 5.73 Å².